The van der Waals surface area contributed by atoms with Crippen LogP contribution in [-0.2, 0) is 6.42 Å². The van der Waals surface area contributed by atoms with Gasteiger partial charge in [-0.3, -0.25) is 20.2 Å². The smallest absolute Gasteiger partial charge is 0.387 e. The van der Waals surface area contributed by atoms with Crippen molar-refractivity contribution in [2.45, 2.75) is 20.3 Å². The van der Waals surface area contributed by atoms with Gasteiger partial charge in [-0.25, -0.2) is 0 Å². The van der Waals surface area contributed by atoms with Crippen LogP contribution in [0.3, 0.4) is 0 Å². The zero-order valence-corrected chi connectivity index (χ0v) is 9.41. The molecule has 0 heterocycles. The van der Waals surface area contributed by atoms with Crippen LogP contribution in [0.5, 0.6) is 5.75 Å². The third-order valence-electron chi connectivity index (χ3n) is 2.22. The lowest BCUT2D eigenvalue weighted by atomic mass is 10.0. The van der Waals surface area contributed by atoms with E-state index in [0.717, 1.165) is 6.07 Å². The minimum absolute atomic E-state index is 0.182. The summed E-state index contributed by atoms with van der Waals surface area (Å²) in [5, 5.41) is 31.0. The van der Waals surface area contributed by atoms with Gasteiger partial charge >= 0.3 is 11.4 Å². The first-order chi connectivity index (χ1) is 7.84. The Balaban J connectivity index is 3.38. The van der Waals surface area contributed by atoms with Crippen LogP contribution in [0.15, 0.2) is 12.1 Å². The summed E-state index contributed by atoms with van der Waals surface area (Å²) in [4.78, 5) is 19.5. The molecule has 0 fully saturated rings. The first-order valence-corrected chi connectivity index (χ1v) is 4.98. The molecule has 0 radical (unpaired) electrons. The standard InChI is InChI=1S/C10H12N2O5/c1-6(2)5-7-3-4-8(11(14)15)9(10(7)13)12(16)17/h3-4,6,13H,5H2,1-2H3. The van der Waals surface area contributed by atoms with E-state index in [1.165, 1.54) is 6.07 Å². The van der Waals surface area contributed by atoms with Crippen LogP contribution >= 0.6 is 0 Å². The summed E-state index contributed by atoms with van der Waals surface area (Å²) in [6.07, 6.45) is 0.421. The van der Waals surface area contributed by atoms with Crippen LogP contribution in [0.1, 0.15) is 19.4 Å². The third kappa shape index (κ3) is 2.68. The number of benzene rings is 1. The summed E-state index contributed by atoms with van der Waals surface area (Å²) in [7, 11) is 0. The summed E-state index contributed by atoms with van der Waals surface area (Å²) in [6.45, 7) is 3.76. The van der Waals surface area contributed by atoms with E-state index in [4.69, 9.17) is 0 Å². The van der Waals surface area contributed by atoms with Gasteiger partial charge < -0.3 is 5.11 Å². The van der Waals surface area contributed by atoms with Gasteiger partial charge in [0.1, 0.15) is 0 Å². The van der Waals surface area contributed by atoms with Crippen LogP contribution < -0.4 is 0 Å². The second-order valence-electron chi connectivity index (χ2n) is 4.05. The van der Waals surface area contributed by atoms with E-state index in [0.29, 0.717) is 12.0 Å². The predicted molar refractivity (Wildman–Crippen MR) is 60.0 cm³/mol. The molecule has 0 saturated heterocycles. The molecule has 0 aromatic heterocycles. The van der Waals surface area contributed by atoms with E-state index in [1.807, 2.05) is 13.8 Å². The van der Waals surface area contributed by atoms with Crippen LogP contribution in [0, 0.1) is 26.1 Å². The van der Waals surface area contributed by atoms with Crippen molar-refractivity contribution in [3.8, 4) is 5.75 Å². The number of phenolic OH excluding ortho intramolecular Hbond substituents is 1. The molecule has 0 saturated carbocycles. The number of phenols is 1. The van der Waals surface area contributed by atoms with Crippen LogP contribution in [0.2, 0.25) is 0 Å². The first-order valence-electron chi connectivity index (χ1n) is 4.98. The van der Waals surface area contributed by atoms with Gasteiger partial charge in [0.05, 0.1) is 9.85 Å². The van der Waals surface area contributed by atoms with Crippen LogP contribution in [0.4, 0.5) is 11.4 Å². The van der Waals surface area contributed by atoms with Crippen LogP contribution in [0.25, 0.3) is 0 Å². The Kier molecular flexibility index (Phi) is 3.62. The Morgan fingerprint density at radius 3 is 2.24 bits per heavy atom. The van der Waals surface area contributed by atoms with Gasteiger partial charge in [-0.2, -0.15) is 0 Å². The quantitative estimate of drug-likeness (QED) is 0.642. The van der Waals surface area contributed by atoms with Gasteiger partial charge in [-0.05, 0) is 18.4 Å². The molecule has 92 valence electrons. The Labute approximate surface area is 97.0 Å². The number of aromatic hydroxyl groups is 1. The van der Waals surface area contributed by atoms with Gasteiger partial charge in [-0.15, -0.1) is 0 Å². The normalized spacial score (nSPS) is 10.5. The van der Waals surface area contributed by atoms with Crippen molar-refractivity contribution in [3.63, 3.8) is 0 Å². The van der Waals surface area contributed by atoms with Crippen molar-refractivity contribution in [1.29, 1.82) is 0 Å². The molecule has 0 amide bonds. The molecule has 1 rings (SSSR count). The first kappa shape index (κ1) is 12.9. The second-order valence-corrected chi connectivity index (χ2v) is 4.05. The molecule has 1 aromatic carbocycles. The number of hydrogen-bond acceptors (Lipinski definition) is 5. The van der Waals surface area contributed by atoms with Gasteiger partial charge in [0, 0.05) is 11.6 Å². The van der Waals surface area contributed by atoms with Crippen LogP contribution in [-0.4, -0.2) is 15.0 Å². The molecule has 1 N–H and O–H groups in total. The maximum Gasteiger partial charge on any atom is 0.387 e. The van der Waals surface area contributed by atoms with Gasteiger partial charge in [0.2, 0.25) is 5.75 Å². The maximum absolute atomic E-state index is 10.7. The highest BCUT2D eigenvalue weighted by Crippen LogP contribution is 2.38. The highest BCUT2D eigenvalue weighted by Gasteiger charge is 2.30. The van der Waals surface area contributed by atoms with Crippen molar-refractivity contribution in [2.24, 2.45) is 5.92 Å². The monoisotopic (exact) mass is 240 g/mol. The maximum atomic E-state index is 10.7. The molecule has 0 atom stereocenters. The molecule has 1 aromatic rings. The Morgan fingerprint density at radius 2 is 1.82 bits per heavy atom. The summed E-state index contributed by atoms with van der Waals surface area (Å²) in [6, 6.07) is 2.40. The molecule has 17 heavy (non-hydrogen) atoms. The van der Waals surface area contributed by atoms with Gasteiger partial charge in [-0.1, -0.05) is 13.8 Å². The number of nitro benzene ring substituents is 2. The number of nitro groups is 2. The zero-order valence-electron chi connectivity index (χ0n) is 9.41. The summed E-state index contributed by atoms with van der Waals surface area (Å²) >= 11 is 0. The van der Waals surface area contributed by atoms with E-state index >= 15 is 0 Å². The largest absolute Gasteiger partial charge is 0.502 e. The Hall–Kier alpha value is -2.18. The minimum atomic E-state index is -0.933. The number of rotatable bonds is 4. The van der Waals surface area contributed by atoms with E-state index in [2.05, 4.69) is 0 Å². The van der Waals surface area contributed by atoms with Crippen molar-refractivity contribution < 1.29 is 15.0 Å². The number of hydrogen-bond donors (Lipinski definition) is 1. The third-order valence-corrected chi connectivity index (χ3v) is 2.22. The average molecular weight is 240 g/mol. The van der Waals surface area contributed by atoms with Crippen molar-refractivity contribution in [2.75, 3.05) is 0 Å². The summed E-state index contributed by atoms with van der Waals surface area (Å²) in [5.74, 6) is -0.431. The lowest BCUT2D eigenvalue weighted by molar-refractivity contribution is -0.423. The van der Waals surface area contributed by atoms with E-state index in [1.54, 1.807) is 0 Å². The van der Waals surface area contributed by atoms with E-state index in [-0.39, 0.29) is 5.92 Å². The molecular formula is C10H12N2O5. The summed E-state index contributed by atoms with van der Waals surface area (Å²) in [5.41, 5.74) is -1.19. The van der Waals surface area contributed by atoms with Gasteiger partial charge in [0.25, 0.3) is 0 Å². The summed E-state index contributed by atoms with van der Waals surface area (Å²) < 4.78 is 0. The highest BCUT2D eigenvalue weighted by atomic mass is 16.6. The molecule has 0 aliphatic carbocycles. The Morgan fingerprint density at radius 1 is 1.24 bits per heavy atom. The average Bonchev–Trinajstić information content (AvgIpc) is 2.19. The van der Waals surface area contributed by atoms with Crippen molar-refractivity contribution in [3.05, 3.63) is 37.9 Å². The molecule has 0 bridgehead atoms. The molecule has 7 heteroatoms. The SMILES string of the molecule is CC(C)Cc1ccc([N+](=O)[O-])c([N+](=O)[O-])c1O. The molecule has 7 nitrogen and oxygen atoms in total. The lowest BCUT2D eigenvalue weighted by Gasteiger charge is -2.07. The highest BCUT2D eigenvalue weighted by molar-refractivity contribution is 5.64. The molecule has 0 spiro atoms. The topological polar surface area (TPSA) is 107 Å². The number of nitrogens with zero attached hydrogens (tertiary/aromatic N) is 2. The molecule has 0 unspecified atom stereocenters. The van der Waals surface area contributed by atoms with E-state index < -0.39 is 27.0 Å². The van der Waals surface area contributed by atoms with E-state index in [9.17, 15) is 25.3 Å². The second kappa shape index (κ2) is 4.77. The molecule has 0 aliphatic heterocycles. The van der Waals surface area contributed by atoms with Crippen molar-refractivity contribution >= 4 is 11.4 Å². The fraction of sp³-hybridized carbons (Fsp3) is 0.400. The molecular weight excluding hydrogens is 228 g/mol. The zero-order chi connectivity index (χ0) is 13.2. The Bertz CT molecular complexity index is 470. The molecule has 0 aliphatic rings. The predicted octanol–water partition coefficient (Wildman–Crippen LogP) is 2.41. The minimum Gasteiger partial charge on any atom is -0.502 e. The fourth-order valence-corrected chi connectivity index (χ4v) is 1.54. The van der Waals surface area contributed by atoms with Crippen molar-refractivity contribution in [1.82, 2.24) is 0 Å². The lowest BCUT2D eigenvalue weighted by Crippen LogP contribution is -2.01. The van der Waals surface area contributed by atoms with Gasteiger partial charge in [0.15, 0.2) is 0 Å². The fourth-order valence-electron chi connectivity index (χ4n) is 1.54.